The summed E-state index contributed by atoms with van der Waals surface area (Å²) in [6.45, 7) is 3.93. The number of nitrogens with one attached hydrogen (secondary N) is 2. The van der Waals surface area contributed by atoms with Crippen LogP contribution in [-0.2, 0) is 11.3 Å². The number of methoxy groups -OCH3 is 1. The van der Waals surface area contributed by atoms with Gasteiger partial charge in [-0.25, -0.2) is 0 Å². The largest absolute Gasteiger partial charge is 0.406 e. The van der Waals surface area contributed by atoms with Gasteiger partial charge in [0.05, 0.1) is 13.2 Å². The number of ether oxygens (including phenoxy) is 1. The van der Waals surface area contributed by atoms with Crippen molar-refractivity contribution in [3.8, 4) is 0 Å². The van der Waals surface area contributed by atoms with Gasteiger partial charge in [0.15, 0.2) is 0 Å². The van der Waals surface area contributed by atoms with E-state index in [0.717, 1.165) is 22.3 Å². The number of benzene rings is 1. The van der Waals surface area contributed by atoms with Crippen LogP contribution in [0.15, 0.2) is 27.1 Å². The third-order valence-corrected chi connectivity index (χ3v) is 3.16. The van der Waals surface area contributed by atoms with E-state index in [2.05, 4.69) is 36.8 Å². The minimum absolute atomic E-state index is 0.384. The fourth-order valence-electron chi connectivity index (χ4n) is 1.59. The molecule has 0 spiro atoms. The van der Waals surface area contributed by atoms with Gasteiger partial charge in [-0.2, -0.15) is 0 Å². The summed E-state index contributed by atoms with van der Waals surface area (Å²) in [5.74, 6) is 0.538. The topological polar surface area (TPSA) is 72.2 Å². The summed E-state index contributed by atoms with van der Waals surface area (Å²) in [4.78, 5) is 0. The summed E-state index contributed by atoms with van der Waals surface area (Å²) in [6.07, 6.45) is 0. The number of hydrogen-bond donors (Lipinski definition) is 2. The number of aromatic nitrogens is 2. The van der Waals surface area contributed by atoms with Gasteiger partial charge in [0.25, 0.3) is 0 Å². The van der Waals surface area contributed by atoms with Crippen LogP contribution in [0.25, 0.3) is 0 Å². The Kier molecular flexibility index (Phi) is 5.51. The zero-order valence-electron chi connectivity index (χ0n) is 11.4. The molecular weight excluding hydrogens is 324 g/mol. The molecule has 1 aromatic carbocycles. The van der Waals surface area contributed by atoms with E-state index in [1.54, 1.807) is 7.11 Å². The molecule has 2 N–H and O–H groups in total. The zero-order valence-corrected chi connectivity index (χ0v) is 13.0. The van der Waals surface area contributed by atoms with Crippen LogP contribution in [0.4, 0.5) is 11.7 Å². The Labute approximate surface area is 126 Å². The Morgan fingerprint density at radius 2 is 2.20 bits per heavy atom. The first kappa shape index (κ1) is 15.0. The molecule has 7 heteroatoms. The van der Waals surface area contributed by atoms with E-state index in [0.29, 0.717) is 25.1 Å². The molecule has 2 rings (SSSR count). The molecule has 2 aromatic rings. The predicted octanol–water partition coefficient (Wildman–Crippen LogP) is 2.62. The van der Waals surface area contributed by atoms with Crippen LogP contribution < -0.4 is 10.6 Å². The maximum absolute atomic E-state index is 5.51. The standard InChI is InChI=1S/C13H17BrN4O2/c1-9-3-4-10(14)7-11(9)16-13-18-17-12(20-13)8-15-5-6-19-2/h3-4,7,15H,5-6,8H2,1-2H3,(H,16,18). The van der Waals surface area contributed by atoms with Crippen LogP contribution in [0.2, 0.25) is 0 Å². The van der Waals surface area contributed by atoms with Crippen molar-refractivity contribution in [3.05, 3.63) is 34.1 Å². The highest BCUT2D eigenvalue weighted by Crippen LogP contribution is 2.23. The molecule has 0 amide bonds. The molecule has 6 nitrogen and oxygen atoms in total. The molecule has 0 aliphatic heterocycles. The van der Waals surface area contributed by atoms with Gasteiger partial charge in [0.1, 0.15) is 0 Å². The molecule has 0 unspecified atom stereocenters. The monoisotopic (exact) mass is 340 g/mol. The molecule has 0 saturated carbocycles. The third-order valence-electron chi connectivity index (χ3n) is 2.67. The van der Waals surface area contributed by atoms with Crippen molar-refractivity contribution in [2.75, 3.05) is 25.6 Å². The normalized spacial score (nSPS) is 10.8. The number of hydrogen-bond acceptors (Lipinski definition) is 6. The molecule has 0 aliphatic rings. The highest BCUT2D eigenvalue weighted by Gasteiger charge is 2.07. The fraction of sp³-hybridized carbons (Fsp3) is 0.385. The van der Waals surface area contributed by atoms with Crippen molar-refractivity contribution in [1.29, 1.82) is 0 Å². The second-order valence-electron chi connectivity index (χ2n) is 4.25. The quantitative estimate of drug-likeness (QED) is 0.755. The van der Waals surface area contributed by atoms with E-state index >= 15 is 0 Å². The number of nitrogens with zero attached hydrogens (tertiary/aromatic N) is 2. The van der Waals surface area contributed by atoms with Gasteiger partial charge in [-0.15, -0.1) is 5.10 Å². The van der Waals surface area contributed by atoms with E-state index in [9.17, 15) is 0 Å². The summed E-state index contributed by atoms with van der Waals surface area (Å²) in [5, 5.41) is 14.2. The average molecular weight is 341 g/mol. The maximum Gasteiger partial charge on any atom is 0.320 e. The van der Waals surface area contributed by atoms with Crippen molar-refractivity contribution in [2.45, 2.75) is 13.5 Å². The Hall–Kier alpha value is -1.44. The second-order valence-corrected chi connectivity index (χ2v) is 5.17. The molecule has 1 heterocycles. The molecular formula is C13H17BrN4O2. The van der Waals surface area contributed by atoms with Gasteiger partial charge in [0, 0.05) is 23.8 Å². The van der Waals surface area contributed by atoms with Crippen LogP contribution in [0.5, 0.6) is 0 Å². The molecule has 0 aliphatic carbocycles. The van der Waals surface area contributed by atoms with Gasteiger partial charge < -0.3 is 19.8 Å². The van der Waals surface area contributed by atoms with Crippen LogP contribution >= 0.6 is 15.9 Å². The molecule has 20 heavy (non-hydrogen) atoms. The molecule has 0 bridgehead atoms. The molecule has 0 fully saturated rings. The first-order valence-corrected chi connectivity index (χ1v) is 7.03. The van der Waals surface area contributed by atoms with E-state index < -0.39 is 0 Å². The highest BCUT2D eigenvalue weighted by molar-refractivity contribution is 9.10. The second kappa shape index (κ2) is 7.37. The first-order valence-electron chi connectivity index (χ1n) is 6.24. The first-order chi connectivity index (χ1) is 9.69. The third kappa shape index (κ3) is 4.29. The van der Waals surface area contributed by atoms with Crippen LogP contribution in [0.3, 0.4) is 0 Å². The predicted molar refractivity (Wildman–Crippen MR) is 80.0 cm³/mol. The number of anilines is 2. The molecule has 0 saturated heterocycles. The summed E-state index contributed by atoms with van der Waals surface area (Å²) in [6, 6.07) is 6.35. The lowest BCUT2D eigenvalue weighted by atomic mass is 10.2. The van der Waals surface area contributed by atoms with Gasteiger partial charge in [0.2, 0.25) is 5.89 Å². The molecule has 0 radical (unpaired) electrons. The van der Waals surface area contributed by atoms with Gasteiger partial charge in [-0.05, 0) is 24.6 Å². The van der Waals surface area contributed by atoms with E-state index in [1.165, 1.54) is 0 Å². The minimum Gasteiger partial charge on any atom is -0.406 e. The van der Waals surface area contributed by atoms with E-state index in [4.69, 9.17) is 9.15 Å². The maximum atomic E-state index is 5.51. The lowest BCUT2D eigenvalue weighted by Gasteiger charge is -2.05. The summed E-state index contributed by atoms with van der Waals surface area (Å²) < 4.78 is 11.4. The van der Waals surface area contributed by atoms with Crippen molar-refractivity contribution < 1.29 is 9.15 Å². The van der Waals surface area contributed by atoms with Gasteiger partial charge >= 0.3 is 6.01 Å². The number of halogens is 1. The lowest BCUT2D eigenvalue weighted by Crippen LogP contribution is -2.18. The van der Waals surface area contributed by atoms with Crippen LogP contribution in [0.1, 0.15) is 11.5 Å². The molecule has 0 atom stereocenters. The number of aryl methyl sites for hydroxylation is 1. The van der Waals surface area contributed by atoms with Crippen molar-refractivity contribution in [1.82, 2.24) is 15.5 Å². The summed E-state index contributed by atoms with van der Waals surface area (Å²) >= 11 is 3.44. The SMILES string of the molecule is COCCNCc1nnc(Nc2cc(Br)ccc2C)o1. The van der Waals surface area contributed by atoms with Crippen LogP contribution in [-0.4, -0.2) is 30.5 Å². The highest BCUT2D eigenvalue weighted by atomic mass is 79.9. The molecule has 1 aromatic heterocycles. The van der Waals surface area contributed by atoms with Crippen molar-refractivity contribution >= 4 is 27.6 Å². The smallest absolute Gasteiger partial charge is 0.320 e. The molecule has 108 valence electrons. The zero-order chi connectivity index (χ0) is 14.4. The Balaban J connectivity index is 1.93. The average Bonchev–Trinajstić information content (AvgIpc) is 2.87. The Bertz CT molecular complexity index is 559. The Morgan fingerprint density at radius 3 is 3.00 bits per heavy atom. The van der Waals surface area contributed by atoms with Crippen LogP contribution in [0, 0.1) is 6.92 Å². The summed E-state index contributed by atoms with van der Waals surface area (Å²) in [7, 11) is 1.66. The Morgan fingerprint density at radius 1 is 1.35 bits per heavy atom. The van der Waals surface area contributed by atoms with E-state index in [1.807, 2.05) is 25.1 Å². The van der Waals surface area contributed by atoms with Crippen molar-refractivity contribution in [3.63, 3.8) is 0 Å². The van der Waals surface area contributed by atoms with Gasteiger partial charge in [-0.1, -0.05) is 27.1 Å². The van der Waals surface area contributed by atoms with Gasteiger partial charge in [-0.3, -0.25) is 0 Å². The lowest BCUT2D eigenvalue weighted by molar-refractivity contribution is 0.198. The van der Waals surface area contributed by atoms with E-state index in [-0.39, 0.29) is 0 Å². The van der Waals surface area contributed by atoms with Crippen molar-refractivity contribution in [2.24, 2.45) is 0 Å². The number of rotatable bonds is 7. The fourth-order valence-corrected chi connectivity index (χ4v) is 1.95. The minimum atomic E-state index is 0.384. The summed E-state index contributed by atoms with van der Waals surface area (Å²) in [5.41, 5.74) is 2.04.